The molecule has 0 amide bonds. The Morgan fingerprint density at radius 1 is 1.54 bits per heavy atom. The topological polar surface area (TPSA) is 37.3 Å². The molecule has 13 heavy (non-hydrogen) atoms. The SMILES string of the molecule is Cc1ccc(F)cc1C(C)(O)C=O. The van der Waals surface area contributed by atoms with E-state index in [2.05, 4.69) is 0 Å². The minimum Gasteiger partial charge on any atom is -0.378 e. The third-order valence-corrected chi connectivity index (χ3v) is 1.97. The predicted octanol–water partition coefficient (Wildman–Crippen LogP) is 1.54. The Labute approximate surface area is 76.0 Å². The maximum absolute atomic E-state index is 12.8. The van der Waals surface area contributed by atoms with Gasteiger partial charge in [-0.2, -0.15) is 0 Å². The van der Waals surface area contributed by atoms with E-state index in [0.29, 0.717) is 17.4 Å². The summed E-state index contributed by atoms with van der Waals surface area (Å²) in [5.41, 5.74) is -0.604. The first-order chi connectivity index (χ1) is 5.97. The highest BCUT2D eigenvalue weighted by atomic mass is 19.1. The van der Waals surface area contributed by atoms with Crippen LogP contribution in [0.2, 0.25) is 0 Å². The summed E-state index contributed by atoms with van der Waals surface area (Å²) in [7, 11) is 0. The monoisotopic (exact) mass is 182 g/mol. The van der Waals surface area contributed by atoms with Crippen LogP contribution >= 0.6 is 0 Å². The molecule has 1 aromatic carbocycles. The predicted molar refractivity (Wildman–Crippen MR) is 46.8 cm³/mol. The smallest absolute Gasteiger partial charge is 0.155 e. The number of benzene rings is 1. The van der Waals surface area contributed by atoms with E-state index in [9.17, 15) is 14.3 Å². The van der Waals surface area contributed by atoms with Crippen LogP contribution in [-0.2, 0) is 10.4 Å². The molecule has 1 aromatic rings. The Balaban J connectivity index is 3.28. The highest BCUT2D eigenvalue weighted by Gasteiger charge is 2.24. The molecule has 0 heterocycles. The van der Waals surface area contributed by atoms with Gasteiger partial charge in [-0.3, -0.25) is 4.79 Å². The number of carbonyl (C=O) groups is 1. The molecule has 70 valence electrons. The maximum Gasteiger partial charge on any atom is 0.155 e. The van der Waals surface area contributed by atoms with E-state index in [1.807, 2.05) is 0 Å². The van der Waals surface area contributed by atoms with Crippen LogP contribution in [0.5, 0.6) is 0 Å². The zero-order chi connectivity index (χ0) is 10.1. The largest absolute Gasteiger partial charge is 0.378 e. The number of aliphatic hydroxyl groups is 1. The highest BCUT2D eigenvalue weighted by Crippen LogP contribution is 2.22. The summed E-state index contributed by atoms with van der Waals surface area (Å²) in [6.07, 6.45) is 0.398. The van der Waals surface area contributed by atoms with E-state index in [1.54, 1.807) is 6.92 Å². The zero-order valence-corrected chi connectivity index (χ0v) is 7.54. The molecular weight excluding hydrogens is 171 g/mol. The molecule has 0 bridgehead atoms. The van der Waals surface area contributed by atoms with Crippen molar-refractivity contribution in [3.63, 3.8) is 0 Å². The van der Waals surface area contributed by atoms with Gasteiger partial charge >= 0.3 is 0 Å². The molecule has 1 unspecified atom stereocenters. The molecule has 0 aromatic heterocycles. The van der Waals surface area contributed by atoms with Crippen molar-refractivity contribution in [2.24, 2.45) is 0 Å². The van der Waals surface area contributed by atoms with E-state index < -0.39 is 11.4 Å². The van der Waals surface area contributed by atoms with Crippen LogP contribution in [0.1, 0.15) is 18.1 Å². The number of halogens is 1. The summed E-state index contributed by atoms with van der Waals surface area (Å²) in [4.78, 5) is 10.5. The fraction of sp³-hybridized carbons (Fsp3) is 0.300. The van der Waals surface area contributed by atoms with Gasteiger partial charge in [0, 0.05) is 0 Å². The van der Waals surface area contributed by atoms with E-state index in [1.165, 1.54) is 25.1 Å². The Kier molecular flexibility index (Phi) is 2.48. The van der Waals surface area contributed by atoms with Crippen molar-refractivity contribution in [2.45, 2.75) is 19.4 Å². The number of hydrogen-bond donors (Lipinski definition) is 1. The summed E-state index contributed by atoms with van der Waals surface area (Å²) < 4.78 is 12.8. The van der Waals surface area contributed by atoms with Crippen molar-refractivity contribution in [1.82, 2.24) is 0 Å². The average Bonchev–Trinajstić information content (AvgIpc) is 2.09. The van der Waals surface area contributed by atoms with Gasteiger partial charge in [0.25, 0.3) is 0 Å². The summed E-state index contributed by atoms with van der Waals surface area (Å²) in [5.74, 6) is -0.456. The molecule has 1 N–H and O–H groups in total. The van der Waals surface area contributed by atoms with E-state index in [4.69, 9.17) is 0 Å². The van der Waals surface area contributed by atoms with Gasteiger partial charge in [-0.1, -0.05) is 6.07 Å². The lowest BCUT2D eigenvalue weighted by molar-refractivity contribution is -0.123. The summed E-state index contributed by atoms with van der Waals surface area (Å²) in [6, 6.07) is 3.99. The molecule has 0 spiro atoms. The Bertz CT molecular complexity index is 332. The molecule has 0 fully saturated rings. The second-order valence-electron chi connectivity index (χ2n) is 3.22. The molecule has 1 atom stereocenters. The van der Waals surface area contributed by atoms with Gasteiger partial charge in [0.15, 0.2) is 6.29 Å². The van der Waals surface area contributed by atoms with Crippen LogP contribution in [0.3, 0.4) is 0 Å². The molecule has 0 aliphatic heterocycles. The van der Waals surface area contributed by atoms with Crippen molar-refractivity contribution in [1.29, 1.82) is 0 Å². The number of rotatable bonds is 2. The minimum absolute atomic E-state index is 0.308. The lowest BCUT2D eigenvalue weighted by atomic mass is 9.93. The average molecular weight is 182 g/mol. The fourth-order valence-corrected chi connectivity index (χ4v) is 1.20. The molecule has 0 aliphatic rings. The molecule has 0 radical (unpaired) electrons. The molecule has 3 heteroatoms. The van der Waals surface area contributed by atoms with Crippen LogP contribution < -0.4 is 0 Å². The molecule has 0 saturated heterocycles. The quantitative estimate of drug-likeness (QED) is 0.704. The summed E-state index contributed by atoms with van der Waals surface area (Å²) >= 11 is 0. The Hall–Kier alpha value is -1.22. The lowest BCUT2D eigenvalue weighted by Gasteiger charge is -2.18. The molecule has 0 aliphatic carbocycles. The van der Waals surface area contributed by atoms with Crippen LogP contribution in [0.4, 0.5) is 4.39 Å². The lowest BCUT2D eigenvalue weighted by Crippen LogP contribution is -2.24. The van der Waals surface area contributed by atoms with Gasteiger partial charge < -0.3 is 5.11 Å². The minimum atomic E-state index is -1.60. The number of carbonyl (C=O) groups excluding carboxylic acids is 1. The third-order valence-electron chi connectivity index (χ3n) is 1.97. The van der Waals surface area contributed by atoms with Crippen molar-refractivity contribution in [3.8, 4) is 0 Å². The number of aldehydes is 1. The van der Waals surface area contributed by atoms with Crippen LogP contribution in [-0.4, -0.2) is 11.4 Å². The molecule has 2 nitrogen and oxygen atoms in total. The standard InChI is InChI=1S/C10H11FO2/c1-7-3-4-8(11)5-9(7)10(2,13)6-12/h3-6,13H,1-2H3. The van der Waals surface area contributed by atoms with Crippen molar-refractivity contribution < 1.29 is 14.3 Å². The Morgan fingerprint density at radius 3 is 2.69 bits per heavy atom. The molecular formula is C10H11FO2. The van der Waals surface area contributed by atoms with Gasteiger partial charge in [0.1, 0.15) is 11.4 Å². The summed E-state index contributed by atoms with van der Waals surface area (Å²) in [5, 5.41) is 9.57. The first-order valence-corrected chi connectivity index (χ1v) is 3.93. The number of hydrogen-bond acceptors (Lipinski definition) is 2. The van der Waals surface area contributed by atoms with Gasteiger partial charge in [-0.25, -0.2) is 4.39 Å². The number of aryl methyl sites for hydroxylation is 1. The zero-order valence-electron chi connectivity index (χ0n) is 7.54. The normalized spacial score (nSPS) is 15.1. The van der Waals surface area contributed by atoms with Crippen molar-refractivity contribution >= 4 is 6.29 Å². The second-order valence-corrected chi connectivity index (χ2v) is 3.22. The van der Waals surface area contributed by atoms with Crippen LogP contribution in [0, 0.1) is 12.7 Å². The molecule has 1 rings (SSSR count). The summed E-state index contributed by atoms with van der Waals surface area (Å²) in [6.45, 7) is 3.05. The van der Waals surface area contributed by atoms with Gasteiger partial charge in [-0.15, -0.1) is 0 Å². The first kappa shape index (κ1) is 9.86. The Morgan fingerprint density at radius 2 is 2.15 bits per heavy atom. The highest BCUT2D eigenvalue weighted by molar-refractivity contribution is 5.66. The van der Waals surface area contributed by atoms with E-state index in [0.717, 1.165) is 0 Å². The van der Waals surface area contributed by atoms with Crippen molar-refractivity contribution in [2.75, 3.05) is 0 Å². The first-order valence-electron chi connectivity index (χ1n) is 3.93. The van der Waals surface area contributed by atoms with Crippen LogP contribution in [0.25, 0.3) is 0 Å². The molecule has 0 saturated carbocycles. The second kappa shape index (κ2) is 3.26. The van der Waals surface area contributed by atoms with Gasteiger partial charge in [-0.05, 0) is 37.1 Å². The maximum atomic E-state index is 12.8. The van der Waals surface area contributed by atoms with Crippen molar-refractivity contribution in [3.05, 3.63) is 35.1 Å². The van der Waals surface area contributed by atoms with E-state index in [-0.39, 0.29) is 0 Å². The fourth-order valence-electron chi connectivity index (χ4n) is 1.20. The van der Waals surface area contributed by atoms with E-state index >= 15 is 0 Å². The van der Waals surface area contributed by atoms with Gasteiger partial charge in [0.2, 0.25) is 0 Å². The third kappa shape index (κ3) is 1.92. The van der Waals surface area contributed by atoms with Crippen LogP contribution in [0.15, 0.2) is 18.2 Å². The van der Waals surface area contributed by atoms with Gasteiger partial charge in [0.05, 0.1) is 0 Å².